The molecule has 7 heteroatoms. The minimum atomic E-state index is -0.854. The number of nitrogens with two attached hydrogens (primary N) is 1. The van der Waals surface area contributed by atoms with Gasteiger partial charge in [0.05, 0.1) is 6.04 Å². The monoisotopic (exact) mass is 425 g/mol. The molecule has 166 valence electrons. The van der Waals surface area contributed by atoms with Gasteiger partial charge in [0, 0.05) is 13.0 Å². The molecule has 0 spiro atoms. The van der Waals surface area contributed by atoms with Crippen LogP contribution in [-0.4, -0.2) is 46.9 Å². The van der Waals surface area contributed by atoms with Crippen LogP contribution in [0.5, 0.6) is 5.75 Å². The van der Waals surface area contributed by atoms with Crippen LogP contribution in [0.25, 0.3) is 0 Å². The lowest BCUT2D eigenvalue weighted by Gasteiger charge is -2.27. The number of aromatic hydroxyl groups is 1. The Morgan fingerprint density at radius 1 is 1.00 bits per heavy atom. The number of benzene rings is 2. The zero-order valence-electron chi connectivity index (χ0n) is 18.5. The number of aryl methyl sites for hydroxylation is 1. The summed E-state index contributed by atoms with van der Waals surface area (Å²) in [6, 6.07) is 12.5. The first kappa shape index (κ1) is 24.1. The number of hydrogen-bond donors (Lipinski definition) is 3. The summed E-state index contributed by atoms with van der Waals surface area (Å²) < 4.78 is 0. The Bertz CT molecular complexity index is 927. The molecule has 7 nitrogen and oxygen atoms in total. The molecule has 0 aliphatic heterocycles. The van der Waals surface area contributed by atoms with Crippen LogP contribution >= 0.6 is 0 Å². The Morgan fingerprint density at radius 2 is 1.61 bits per heavy atom. The summed E-state index contributed by atoms with van der Waals surface area (Å²) in [6.07, 6.45) is 0.788. The van der Waals surface area contributed by atoms with Gasteiger partial charge in [-0.05, 0) is 55.5 Å². The number of rotatable bonds is 8. The lowest BCUT2D eigenvalue weighted by atomic mass is 9.97. The summed E-state index contributed by atoms with van der Waals surface area (Å²) in [5, 5.41) is 11.8. The zero-order valence-corrected chi connectivity index (χ0v) is 18.5. The highest BCUT2D eigenvalue weighted by atomic mass is 16.3. The molecule has 0 radical (unpaired) electrons. The number of nitrogens with one attached hydrogen (secondary N) is 1. The molecule has 0 saturated carbocycles. The second-order valence-corrected chi connectivity index (χ2v) is 7.99. The van der Waals surface area contributed by atoms with Gasteiger partial charge in [-0.15, -0.1) is 0 Å². The second kappa shape index (κ2) is 10.7. The number of imide groups is 1. The number of carbonyl (C=O) groups excluding carboxylic acids is 3. The standard InChI is InChI=1S/C24H31N3O4/c1-15-7-5-6-8-19(15)13-16(2)22(29)26-23(30)17(3)27(4)24(31)21(25)14-18-9-11-20(28)12-10-18/h5-12,16-17,21,28H,13-14,25H2,1-4H3,(H,26,29,30)/t16?,17-,21-/m0/s1. The number of amides is 3. The van der Waals surface area contributed by atoms with E-state index in [4.69, 9.17) is 5.73 Å². The molecule has 0 bridgehead atoms. The molecule has 2 aromatic rings. The highest BCUT2D eigenvalue weighted by Gasteiger charge is 2.28. The molecule has 0 saturated heterocycles. The van der Waals surface area contributed by atoms with Crippen LogP contribution in [0.2, 0.25) is 0 Å². The predicted octanol–water partition coefficient (Wildman–Crippen LogP) is 1.94. The molecule has 0 fully saturated rings. The Labute approximate surface area is 183 Å². The summed E-state index contributed by atoms with van der Waals surface area (Å²) in [4.78, 5) is 38.9. The fourth-order valence-corrected chi connectivity index (χ4v) is 3.21. The van der Waals surface area contributed by atoms with Crippen molar-refractivity contribution in [2.45, 2.75) is 45.7 Å². The fourth-order valence-electron chi connectivity index (χ4n) is 3.21. The number of likely N-dealkylation sites (N-methyl/N-ethyl adjacent to an activating group) is 1. The van der Waals surface area contributed by atoms with Crippen molar-refractivity contribution in [3.05, 3.63) is 65.2 Å². The molecule has 3 amide bonds. The third kappa shape index (κ3) is 6.65. The van der Waals surface area contributed by atoms with Crippen molar-refractivity contribution >= 4 is 17.7 Å². The highest BCUT2D eigenvalue weighted by molar-refractivity contribution is 6.00. The minimum Gasteiger partial charge on any atom is -0.508 e. The van der Waals surface area contributed by atoms with Crippen LogP contribution in [0.1, 0.15) is 30.5 Å². The lowest BCUT2D eigenvalue weighted by Crippen LogP contribution is -2.53. The topological polar surface area (TPSA) is 113 Å². The van der Waals surface area contributed by atoms with Crippen LogP contribution in [0.15, 0.2) is 48.5 Å². The molecule has 4 N–H and O–H groups in total. The molecular weight excluding hydrogens is 394 g/mol. The van der Waals surface area contributed by atoms with Gasteiger partial charge in [-0.3, -0.25) is 19.7 Å². The van der Waals surface area contributed by atoms with E-state index in [0.717, 1.165) is 16.7 Å². The maximum atomic E-state index is 12.6. The van der Waals surface area contributed by atoms with Crippen LogP contribution in [0, 0.1) is 12.8 Å². The van der Waals surface area contributed by atoms with Crippen LogP contribution in [0.3, 0.4) is 0 Å². The minimum absolute atomic E-state index is 0.132. The SMILES string of the molecule is Cc1ccccc1CC(C)C(=O)NC(=O)[C@H](C)N(C)C(=O)[C@@H](N)Cc1ccc(O)cc1. The van der Waals surface area contributed by atoms with E-state index in [0.29, 0.717) is 6.42 Å². The molecule has 1 unspecified atom stereocenters. The van der Waals surface area contributed by atoms with Gasteiger partial charge < -0.3 is 15.7 Å². The van der Waals surface area contributed by atoms with E-state index >= 15 is 0 Å². The van der Waals surface area contributed by atoms with Crippen molar-refractivity contribution in [2.75, 3.05) is 7.05 Å². The van der Waals surface area contributed by atoms with E-state index < -0.39 is 29.8 Å². The maximum Gasteiger partial charge on any atom is 0.249 e. The fraction of sp³-hybridized carbons (Fsp3) is 0.375. The third-order valence-corrected chi connectivity index (χ3v) is 5.50. The van der Waals surface area contributed by atoms with Crippen molar-refractivity contribution in [3.63, 3.8) is 0 Å². The number of phenolic OH excluding ortho intramolecular Hbond substituents is 1. The van der Waals surface area contributed by atoms with Crippen LogP contribution in [-0.2, 0) is 27.2 Å². The number of nitrogens with zero attached hydrogens (tertiary/aromatic N) is 1. The zero-order chi connectivity index (χ0) is 23.1. The molecule has 2 rings (SSSR count). The van der Waals surface area contributed by atoms with Crippen molar-refractivity contribution in [1.82, 2.24) is 10.2 Å². The van der Waals surface area contributed by atoms with Gasteiger partial charge in [-0.25, -0.2) is 0 Å². The Kier molecular flexibility index (Phi) is 8.33. The van der Waals surface area contributed by atoms with E-state index in [1.165, 1.54) is 24.1 Å². The van der Waals surface area contributed by atoms with Gasteiger partial charge in [0.2, 0.25) is 17.7 Å². The largest absolute Gasteiger partial charge is 0.508 e. The van der Waals surface area contributed by atoms with E-state index in [9.17, 15) is 19.5 Å². The van der Waals surface area contributed by atoms with Crippen LogP contribution in [0.4, 0.5) is 0 Å². The molecule has 31 heavy (non-hydrogen) atoms. The number of carbonyl (C=O) groups is 3. The van der Waals surface area contributed by atoms with Crippen molar-refractivity contribution in [1.29, 1.82) is 0 Å². The summed E-state index contributed by atoms with van der Waals surface area (Å²) >= 11 is 0. The van der Waals surface area contributed by atoms with Gasteiger partial charge in [-0.2, -0.15) is 0 Å². The van der Waals surface area contributed by atoms with Gasteiger partial charge in [0.1, 0.15) is 11.8 Å². The van der Waals surface area contributed by atoms with E-state index in [-0.39, 0.29) is 18.1 Å². The summed E-state index contributed by atoms with van der Waals surface area (Å²) in [7, 11) is 1.49. The van der Waals surface area contributed by atoms with E-state index in [1.54, 1.807) is 26.0 Å². The maximum absolute atomic E-state index is 12.6. The van der Waals surface area contributed by atoms with Gasteiger partial charge in [0.15, 0.2) is 0 Å². The summed E-state index contributed by atoms with van der Waals surface area (Å²) in [6.45, 7) is 5.30. The van der Waals surface area contributed by atoms with Crippen molar-refractivity contribution in [2.24, 2.45) is 11.7 Å². The first-order valence-corrected chi connectivity index (χ1v) is 10.3. The van der Waals surface area contributed by atoms with E-state index in [1.807, 2.05) is 31.2 Å². The third-order valence-electron chi connectivity index (χ3n) is 5.50. The first-order valence-electron chi connectivity index (χ1n) is 10.3. The molecule has 3 atom stereocenters. The van der Waals surface area contributed by atoms with Crippen molar-refractivity contribution < 1.29 is 19.5 Å². The number of phenols is 1. The highest BCUT2D eigenvalue weighted by Crippen LogP contribution is 2.14. The molecular formula is C24H31N3O4. The molecule has 0 aliphatic rings. The van der Waals surface area contributed by atoms with E-state index in [2.05, 4.69) is 5.32 Å². The molecule has 2 aromatic carbocycles. The van der Waals surface area contributed by atoms with Gasteiger partial charge in [0.25, 0.3) is 0 Å². The normalized spacial score (nSPS) is 13.7. The summed E-state index contributed by atoms with van der Waals surface area (Å²) in [5.41, 5.74) is 8.97. The average molecular weight is 426 g/mol. The van der Waals surface area contributed by atoms with Gasteiger partial charge in [-0.1, -0.05) is 43.3 Å². The summed E-state index contributed by atoms with van der Waals surface area (Å²) in [5.74, 6) is -1.60. The number of hydrogen-bond acceptors (Lipinski definition) is 5. The molecule has 0 aliphatic carbocycles. The average Bonchev–Trinajstić information content (AvgIpc) is 2.75. The smallest absolute Gasteiger partial charge is 0.249 e. The second-order valence-electron chi connectivity index (χ2n) is 7.99. The Morgan fingerprint density at radius 3 is 2.23 bits per heavy atom. The Balaban J connectivity index is 1.91. The van der Waals surface area contributed by atoms with Gasteiger partial charge >= 0.3 is 0 Å². The lowest BCUT2D eigenvalue weighted by molar-refractivity contribution is -0.142. The van der Waals surface area contributed by atoms with Crippen molar-refractivity contribution in [3.8, 4) is 5.75 Å². The quantitative estimate of drug-likeness (QED) is 0.598. The van der Waals surface area contributed by atoms with Crippen LogP contribution < -0.4 is 11.1 Å². The molecule has 0 heterocycles. The predicted molar refractivity (Wildman–Crippen MR) is 119 cm³/mol. The Hall–Kier alpha value is -3.19. The first-order chi connectivity index (χ1) is 14.6. The molecule has 0 aromatic heterocycles.